The summed E-state index contributed by atoms with van der Waals surface area (Å²) in [6, 6.07) is 6.07. The summed E-state index contributed by atoms with van der Waals surface area (Å²) in [5, 5.41) is 7.43. The number of hydrogen-bond donors (Lipinski definition) is 0. The largest absolute Gasteiger partial charge is 0.264 e. The molecule has 0 spiro atoms. The van der Waals surface area contributed by atoms with Crippen LogP contribution in [0, 0.1) is 0 Å². The van der Waals surface area contributed by atoms with Crippen molar-refractivity contribution in [2.24, 2.45) is 0 Å². The van der Waals surface area contributed by atoms with Gasteiger partial charge in [-0.25, -0.2) is 0 Å². The van der Waals surface area contributed by atoms with Gasteiger partial charge in [-0.15, -0.1) is 0 Å². The molecule has 0 saturated carbocycles. The van der Waals surface area contributed by atoms with Crippen LogP contribution in [0.3, 0.4) is 0 Å². The molecule has 3 nitrogen and oxygen atoms in total. The molecule has 0 N–H and O–H groups in total. The maximum absolute atomic E-state index is 4.00. The molecule has 2 rings (SSSR count). The highest BCUT2D eigenvalue weighted by molar-refractivity contribution is 5.09. The highest BCUT2D eigenvalue weighted by Crippen LogP contribution is 2.09. The molecule has 0 aliphatic carbocycles. The Hall–Kier alpha value is -1.77. The summed E-state index contributed by atoms with van der Waals surface area (Å²) in [5.41, 5.74) is 2.57. The highest BCUT2D eigenvalue weighted by Gasteiger charge is 1.95. The standard InChI is InChI=1S/C8H11N.C7H10N2/c1-2-4-8-5-3-6-9-7-8;1-6(2)7-3-4-8-9-5-7/h3,5-7H,2,4H2,1H3;3-6H,1-2H3. The number of aromatic nitrogens is 3. The van der Waals surface area contributed by atoms with Crippen molar-refractivity contribution in [1.82, 2.24) is 15.2 Å². The van der Waals surface area contributed by atoms with Crippen molar-refractivity contribution >= 4 is 0 Å². The molecule has 2 aromatic rings. The molecule has 0 saturated heterocycles. The normalized spacial score (nSPS) is 9.78. The number of hydrogen-bond acceptors (Lipinski definition) is 3. The summed E-state index contributed by atoms with van der Waals surface area (Å²) in [7, 11) is 0. The van der Waals surface area contributed by atoms with Crippen LogP contribution in [0.2, 0.25) is 0 Å². The molecular formula is C15H21N3. The quantitative estimate of drug-likeness (QED) is 0.826. The third kappa shape index (κ3) is 5.53. The zero-order valence-corrected chi connectivity index (χ0v) is 11.4. The molecule has 96 valence electrons. The highest BCUT2D eigenvalue weighted by atomic mass is 15.1. The first-order chi connectivity index (χ1) is 8.74. The van der Waals surface area contributed by atoms with Crippen LogP contribution >= 0.6 is 0 Å². The first-order valence-electron chi connectivity index (χ1n) is 6.39. The molecule has 0 atom stereocenters. The van der Waals surface area contributed by atoms with Gasteiger partial charge in [0.05, 0.1) is 6.20 Å². The molecule has 18 heavy (non-hydrogen) atoms. The van der Waals surface area contributed by atoms with Crippen LogP contribution in [-0.4, -0.2) is 15.2 Å². The zero-order valence-electron chi connectivity index (χ0n) is 11.4. The predicted molar refractivity (Wildman–Crippen MR) is 74.4 cm³/mol. The molecule has 0 aliphatic heterocycles. The summed E-state index contributed by atoms with van der Waals surface area (Å²) >= 11 is 0. The number of aryl methyl sites for hydroxylation is 1. The van der Waals surface area contributed by atoms with Crippen molar-refractivity contribution < 1.29 is 0 Å². The van der Waals surface area contributed by atoms with Gasteiger partial charge in [-0.1, -0.05) is 33.3 Å². The van der Waals surface area contributed by atoms with E-state index in [1.165, 1.54) is 17.5 Å². The average Bonchev–Trinajstić information content (AvgIpc) is 2.42. The second-order valence-electron chi connectivity index (χ2n) is 4.44. The molecule has 0 bridgehead atoms. The van der Waals surface area contributed by atoms with Crippen LogP contribution in [0.1, 0.15) is 44.2 Å². The lowest BCUT2D eigenvalue weighted by atomic mass is 10.1. The fourth-order valence-electron chi connectivity index (χ4n) is 1.48. The lowest BCUT2D eigenvalue weighted by Gasteiger charge is -2.00. The molecule has 0 aromatic carbocycles. The third-order valence-electron chi connectivity index (χ3n) is 2.54. The van der Waals surface area contributed by atoms with Crippen LogP contribution in [0.15, 0.2) is 43.0 Å². The van der Waals surface area contributed by atoms with Gasteiger partial charge in [-0.3, -0.25) is 4.98 Å². The van der Waals surface area contributed by atoms with Crippen molar-refractivity contribution in [2.45, 2.75) is 39.5 Å². The van der Waals surface area contributed by atoms with Gasteiger partial charge in [0.2, 0.25) is 0 Å². The van der Waals surface area contributed by atoms with Gasteiger partial charge in [0.25, 0.3) is 0 Å². The maximum atomic E-state index is 4.00. The smallest absolute Gasteiger partial charge is 0.0530 e. The predicted octanol–water partition coefficient (Wildman–Crippen LogP) is 3.63. The fraction of sp³-hybridized carbons (Fsp3) is 0.400. The lowest BCUT2D eigenvalue weighted by Crippen LogP contribution is -1.88. The van der Waals surface area contributed by atoms with Crippen LogP contribution < -0.4 is 0 Å². The Balaban J connectivity index is 0.000000180. The van der Waals surface area contributed by atoms with Crippen LogP contribution in [0.4, 0.5) is 0 Å². The van der Waals surface area contributed by atoms with Crippen molar-refractivity contribution in [3.63, 3.8) is 0 Å². The Bertz CT molecular complexity index is 412. The van der Waals surface area contributed by atoms with Crippen LogP contribution in [0.5, 0.6) is 0 Å². The first kappa shape index (κ1) is 14.3. The molecule has 0 amide bonds. The summed E-state index contributed by atoms with van der Waals surface area (Å²) in [6.45, 7) is 6.45. The number of nitrogens with zero attached hydrogens (tertiary/aromatic N) is 3. The molecule has 2 heterocycles. The minimum Gasteiger partial charge on any atom is -0.264 e. The van der Waals surface area contributed by atoms with E-state index in [1.807, 2.05) is 18.3 Å². The number of rotatable bonds is 3. The molecule has 0 fully saturated rings. The minimum absolute atomic E-state index is 0.556. The van der Waals surface area contributed by atoms with Gasteiger partial charge in [-0.2, -0.15) is 10.2 Å². The van der Waals surface area contributed by atoms with Gasteiger partial charge in [0.1, 0.15) is 0 Å². The van der Waals surface area contributed by atoms with E-state index in [2.05, 4.69) is 42.0 Å². The fourth-order valence-corrected chi connectivity index (χ4v) is 1.48. The monoisotopic (exact) mass is 243 g/mol. The second kappa shape index (κ2) is 8.34. The molecule has 2 aromatic heterocycles. The van der Waals surface area contributed by atoms with Crippen molar-refractivity contribution in [3.8, 4) is 0 Å². The molecule has 3 heteroatoms. The van der Waals surface area contributed by atoms with E-state index in [-0.39, 0.29) is 0 Å². The minimum atomic E-state index is 0.556. The van der Waals surface area contributed by atoms with E-state index in [9.17, 15) is 0 Å². The Kier molecular flexibility index (Phi) is 6.62. The summed E-state index contributed by atoms with van der Waals surface area (Å²) in [6.07, 6.45) is 9.59. The van der Waals surface area contributed by atoms with Crippen molar-refractivity contribution in [2.75, 3.05) is 0 Å². The Morgan fingerprint density at radius 2 is 1.89 bits per heavy atom. The van der Waals surface area contributed by atoms with Crippen LogP contribution in [0.25, 0.3) is 0 Å². The van der Waals surface area contributed by atoms with Crippen LogP contribution in [-0.2, 0) is 6.42 Å². The lowest BCUT2D eigenvalue weighted by molar-refractivity contribution is 0.841. The molecule has 0 radical (unpaired) electrons. The van der Waals surface area contributed by atoms with E-state index in [1.54, 1.807) is 18.6 Å². The second-order valence-corrected chi connectivity index (χ2v) is 4.44. The topological polar surface area (TPSA) is 38.7 Å². The summed E-state index contributed by atoms with van der Waals surface area (Å²) < 4.78 is 0. The Labute approximate surface area is 109 Å². The van der Waals surface area contributed by atoms with E-state index >= 15 is 0 Å². The number of pyridine rings is 1. The average molecular weight is 243 g/mol. The summed E-state index contributed by atoms with van der Waals surface area (Å²) in [5.74, 6) is 0.556. The van der Waals surface area contributed by atoms with E-state index < -0.39 is 0 Å². The van der Waals surface area contributed by atoms with Gasteiger partial charge >= 0.3 is 0 Å². The molecular weight excluding hydrogens is 222 g/mol. The Morgan fingerprint density at radius 1 is 1.06 bits per heavy atom. The summed E-state index contributed by atoms with van der Waals surface area (Å²) in [4.78, 5) is 4.00. The van der Waals surface area contributed by atoms with Gasteiger partial charge in [0, 0.05) is 18.6 Å². The van der Waals surface area contributed by atoms with Gasteiger partial charge < -0.3 is 0 Å². The SMILES string of the molecule is CC(C)c1ccnnc1.CCCc1cccnc1. The third-order valence-corrected chi connectivity index (χ3v) is 2.54. The Morgan fingerprint density at radius 3 is 2.33 bits per heavy atom. The van der Waals surface area contributed by atoms with E-state index in [0.717, 1.165) is 6.42 Å². The first-order valence-corrected chi connectivity index (χ1v) is 6.39. The van der Waals surface area contributed by atoms with Gasteiger partial charge in [-0.05, 0) is 35.6 Å². The van der Waals surface area contributed by atoms with E-state index in [0.29, 0.717) is 5.92 Å². The van der Waals surface area contributed by atoms with Crippen molar-refractivity contribution in [3.05, 3.63) is 54.1 Å². The van der Waals surface area contributed by atoms with Crippen molar-refractivity contribution in [1.29, 1.82) is 0 Å². The van der Waals surface area contributed by atoms with Gasteiger partial charge in [0.15, 0.2) is 0 Å². The molecule has 0 aliphatic rings. The maximum Gasteiger partial charge on any atom is 0.0530 e. The zero-order chi connectivity index (χ0) is 13.2. The van der Waals surface area contributed by atoms with E-state index in [4.69, 9.17) is 0 Å². The molecule has 0 unspecified atom stereocenters.